The number of nitro benzene ring substituents is 1. The number of rotatable bonds is 5. The molecular formula is C25H30N6O3S. The summed E-state index contributed by atoms with van der Waals surface area (Å²) >= 11 is 1.84. The van der Waals surface area contributed by atoms with Gasteiger partial charge in [0.1, 0.15) is 16.5 Å². The number of hydrogen-bond donors (Lipinski definition) is 1. The number of nitro groups is 1. The van der Waals surface area contributed by atoms with Crippen LogP contribution < -0.4 is 10.2 Å². The molecule has 2 aromatic heterocycles. The Bertz CT molecular complexity index is 1250. The molecule has 1 aromatic carbocycles. The quantitative estimate of drug-likeness (QED) is 0.394. The van der Waals surface area contributed by atoms with Crippen molar-refractivity contribution in [1.82, 2.24) is 14.9 Å². The highest BCUT2D eigenvalue weighted by molar-refractivity contribution is 7.19. The van der Waals surface area contributed by atoms with Gasteiger partial charge in [0.05, 0.1) is 10.3 Å². The van der Waals surface area contributed by atoms with Crippen LogP contribution in [0.25, 0.3) is 10.2 Å². The summed E-state index contributed by atoms with van der Waals surface area (Å²) in [5.74, 6) is 2.64. The molecule has 10 heteroatoms. The molecule has 1 atom stereocenters. The van der Waals surface area contributed by atoms with Crippen LogP contribution in [0.5, 0.6) is 0 Å². The second-order valence-electron chi connectivity index (χ2n) is 9.45. The number of nitrogens with one attached hydrogen (secondary N) is 1. The van der Waals surface area contributed by atoms with E-state index in [4.69, 9.17) is 9.97 Å². The zero-order chi connectivity index (χ0) is 24.5. The van der Waals surface area contributed by atoms with Gasteiger partial charge in [0.2, 0.25) is 0 Å². The Morgan fingerprint density at radius 2 is 1.94 bits per heavy atom. The number of non-ortho nitro benzene ring substituents is 1. The number of piperazine rings is 1. The summed E-state index contributed by atoms with van der Waals surface area (Å²) in [6.07, 6.45) is 5.27. The number of aromatic nitrogens is 2. The standard InChI is InChI=1S/C25H30N6O3S/c1-3-4-21-27-23(22-19-10-5-16(2)15-20(19)35-24(22)28-21)29-11-13-30(14-12-29)25(32)26-17-6-8-18(9-7-17)31(33)34/h6-9,16H,3-5,10-15H2,1-2H3,(H,26,32). The molecule has 0 saturated carbocycles. The summed E-state index contributed by atoms with van der Waals surface area (Å²) < 4.78 is 0. The number of thiophene rings is 1. The first-order valence-electron chi connectivity index (χ1n) is 12.3. The van der Waals surface area contributed by atoms with Crippen LogP contribution in [-0.2, 0) is 19.3 Å². The molecular weight excluding hydrogens is 464 g/mol. The molecule has 0 spiro atoms. The number of urea groups is 1. The number of nitrogens with zero attached hydrogens (tertiary/aromatic N) is 5. The van der Waals surface area contributed by atoms with E-state index in [0.29, 0.717) is 37.8 Å². The van der Waals surface area contributed by atoms with Gasteiger partial charge in [-0.25, -0.2) is 14.8 Å². The van der Waals surface area contributed by atoms with Crippen molar-refractivity contribution in [1.29, 1.82) is 0 Å². The molecule has 184 valence electrons. The summed E-state index contributed by atoms with van der Waals surface area (Å²) in [6, 6.07) is 5.70. The number of benzene rings is 1. The van der Waals surface area contributed by atoms with Gasteiger partial charge in [-0.15, -0.1) is 11.3 Å². The average molecular weight is 495 g/mol. The minimum atomic E-state index is -0.452. The molecule has 3 aromatic rings. The fraction of sp³-hybridized carbons (Fsp3) is 0.480. The van der Waals surface area contributed by atoms with Gasteiger partial charge in [0.25, 0.3) is 5.69 Å². The van der Waals surface area contributed by atoms with Crippen LogP contribution in [0, 0.1) is 16.0 Å². The Balaban J connectivity index is 1.33. The highest BCUT2D eigenvalue weighted by atomic mass is 32.1. The third-order valence-corrected chi connectivity index (χ3v) is 8.00. The first-order valence-corrected chi connectivity index (χ1v) is 13.1. The predicted octanol–water partition coefficient (Wildman–Crippen LogP) is 5.03. The van der Waals surface area contributed by atoms with E-state index in [1.165, 1.54) is 34.4 Å². The summed E-state index contributed by atoms with van der Waals surface area (Å²) in [6.45, 7) is 7.03. The van der Waals surface area contributed by atoms with Crippen molar-refractivity contribution < 1.29 is 9.72 Å². The first-order chi connectivity index (χ1) is 16.9. The number of amides is 2. The lowest BCUT2D eigenvalue weighted by Crippen LogP contribution is -2.50. The van der Waals surface area contributed by atoms with Gasteiger partial charge >= 0.3 is 6.03 Å². The number of anilines is 2. The SMILES string of the molecule is CCCc1nc(N2CCN(C(=O)Nc3ccc([N+](=O)[O-])cc3)CC2)c2c3c(sc2n1)CC(C)CC3. The van der Waals surface area contributed by atoms with Gasteiger partial charge < -0.3 is 15.1 Å². The van der Waals surface area contributed by atoms with Crippen molar-refractivity contribution in [3.63, 3.8) is 0 Å². The van der Waals surface area contributed by atoms with Gasteiger partial charge in [0.15, 0.2) is 0 Å². The molecule has 1 N–H and O–H groups in total. The number of aryl methyl sites for hydroxylation is 2. The molecule has 1 unspecified atom stereocenters. The lowest BCUT2D eigenvalue weighted by atomic mass is 9.89. The molecule has 0 radical (unpaired) electrons. The second-order valence-corrected chi connectivity index (χ2v) is 10.5. The van der Waals surface area contributed by atoms with Crippen molar-refractivity contribution in [2.45, 2.75) is 46.0 Å². The van der Waals surface area contributed by atoms with Gasteiger partial charge in [0, 0.05) is 55.3 Å². The molecule has 5 rings (SSSR count). The fourth-order valence-electron chi connectivity index (χ4n) is 4.92. The Morgan fingerprint density at radius 3 is 2.63 bits per heavy atom. The van der Waals surface area contributed by atoms with Gasteiger partial charge in [-0.05, 0) is 49.3 Å². The zero-order valence-electron chi connectivity index (χ0n) is 20.1. The summed E-state index contributed by atoms with van der Waals surface area (Å²) in [5, 5.41) is 14.9. The van der Waals surface area contributed by atoms with Crippen LogP contribution in [-0.4, -0.2) is 52.0 Å². The number of carbonyl (C=O) groups is 1. The largest absolute Gasteiger partial charge is 0.352 e. The molecule has 9 nitrogen and oxygen atoms in total. The van der Waals surface area contributed by atoms with Crippen molar-refractivity contribution in [2.75, 3.05) is 36.4 Å². The van der Waals surface area contributed by atoms with Crippen LogP contribution in [0.1, 0.15) is 43.0 Å². The molecule has 3 heterocycles. The van der Waals surface area contributed by atoms with Crippen LogP contribution in [0.4, 0.5) is 22.0 Å². The molecule has 1 aliphatic carbocycles. The maximum atomic E-state index is 12.8. The molecule has 2 aliphatic rings. The smallest absolute Gasteiger partial charge is 0.321 e. The van der Waals surface area contributed by atoms with Crippen molar-refractivity contribution in [2.24, 2.45) is 5.92 Å². The van der Waals surface area contributed by atoms with Crippen molar-refractivity contribution in [3.05, 3.63) is 50.6 Å². The van der Waals surface area contributed by atoms with Crippen LogP contribution in [0.2, 0.25) is 0 Å². The second kappa shape index (κ2) is 9.77. The van der Waals surface area contributed by atoms with E-state index in [0.717, 1.165) is 42.2 Å². The number of fused-ring (bicyclic) bond motifs is 3. The Kier molecular flexibility index (Phi) is 6.55. The minimum absolute atomic E-state index is 0.000275. The zero-order valence-corrected chi connectivity index (χ0v) is 20.9. The molecule has 1 aliphatic heterocycles. The molecule has 0 bridgehead atoms. The first kappa shape index (κ1) is 23.5. The van der Waals surface area contributed by atoms with E-state index in [2.05, 4.69) is 24.1 Å². The third kappa shape index (κ3) is 4.80. The highest BCUT2D eigenvalue weighted by Gasteiger charge is 2.28. The Hall–Kier alpha value is -3.27. The molecule has 35 heavy (non-hydrogen) atoms. The van der Waals surface area contributed by atoms with Crippen molar-refractivity contribution >= 4 is 44.8 Å². The Labute approximate surface area is 208 Å². The molecule has 1 saturated heterocycles. The van der Waals surface area contributed by atoms with E-state index in [-0.39, 0.29) is 11.7 Å². The van der Waals surface area contributed by atoms with E-state index >= 15 is 0 Å². The van der Waals surface area contributed by atoms with E-state index in [9.17, 15) is 14.9 Å². The van der Waals surface area contributed by atoms with Crippen LogP contribution in [0.3, 0.4) is 0 Å². The summed E-state index contributed by atoms with van der Waals surface area (Å²) in [5.41, 5.74) is 1.98. The van der Waals surface area contributed by atoms with Crippen LogP contribution in [0.15, 0.2) is 24.3 Å². The van der Waals surface area contributed by atoms with Crippen LogP contribution >= 0.6 is 11.3 Å². The summed E-state index contributed by atoms with van der Waals surface area (Å²) in [7, 11) is 0. The lowest BCUT2D eigenvalue weighted by molar-refractivity contribution is -0.384. The lowest BCUT2D eigenvalue weighted by Gasteiger charge is -2.36. The Morgan fingerprint density at radius 1 is 1.20 bits per heavy atom. The minimum Gasteiger partial charge on any atom is -0.352 e. The number of hydrogen-bond acceptors (Lipinski definition) is 7. The highest BCUT2D eigenvalue weighted by Crippen LogP contribution is 2.41. The van der Waals surface area contributed by atoms with Gasteiger partial charge in [-0.2, -0.15) is 0 Å². The number of carbonyl (C=O) groups excluding carboxylic acids is 1. The van der Waals surface area contributed by atoms with E-state index < -0.39 is 4.92 Å². The van der Waals surface area contributed by atoms with Gasteiger partial charge in [-0.3, -0.25) is 10.1 Å². The van der Waals surface area contributed by atoms with E-state index in [1.54, 1.807) is 17.0 Å². The third-order valence-electron chi connectivity index (χ3n) is 6.85. The average Bonchev–Trinajstić information content (AvgIpc) is 3.21. The monoisotopic (exact) mass is 494 g/mol. The maximum Gasteiger partial charge on any atom is 0.321 e. The van der Waals surface area contributed by atoms with Gasteiger partial charge in [-0.1, -0.05) is 13.8 Å². The maximum absolute atomic E-state index is 12.8. The van der Waals surface area contributed by atoms with Crippen molar-refractivity contribution in [3.8, 4) is 0 Å². The molecule has 2 amide bonds. The fourth-order valence-corrected chi connectivity index (χ4v) is 6.32. The topological polar surface area (TPSA) is 105 Å². The van der Waals surface area contributed by atoms with E-state index in [1.807, 2.05) is 11.3 Å². The summed E-state index contributed by atoms with van der Waals surface area (Å²) in [4.78, 5) is 39.8. The normalized spacial score (nSPS) is 17.9. The predicted molar refractivity (Wildman–Crippen MR) is 139 cm³/mol. The molecule has 1 fully saturated rings.